The largest absolute Gasteiger partial charge is 0.392 e. The third kappa shape index (κ3) is 6.44. The molecule has 0 bridgehead atoms. The molecule has 48 heavy (non-hydrogen) atoms. The Kier molecular flexibility index (Phi) is 9.23. The van der Waals surface area contributed by atoms with Crippen LogP contribution in [0.5, 0.6) is 0 Å². The minimum absolute atomic E-state index is 0.0150. The first-order valence-corrected chi connectivity index (χ1v) is 16.6. The molecule has 3 saturated heterocycles. The molecule has 1 aromatic heterocycles. The predicted octanol–water partition coefficient (Wildman–Crippen LogP) is 5.05. The van der Waals surface area contributed by atoms with Gasteiger partial charge in [-0.15, -0.1) is 0 Å². The minimum Gasteiger partial charge on any atom is -0.392 e. The number of rotatable bonds is 8. The van der Waals surface area contributed by atoms with Crippen LogP contribution in [0.1, 0.15) is 59.2 Å². The Balaban J connectivity index is 1.10. The number of carbonyl (C=O) groups excluding carboxylic acids is 2. The molecule has 2 amide bonds. The summed E-state index contributed by atoms with van der Waals surface area (Å²) >= 11 is 0. The van der Waals surface area contributed by atoms with Crippen LogP contribution in [0.3, 0.4) is 0 Å². The Hall–Kier alpha value is -4.61. The lowest BCUT2D eigenvalue weighted by atomic mass is 9.84. The molecule has 0 aliphatic carbocycles. The lowest BCUT2D eigenvalue weighted by Crippen LogP contribution is -2.57. The Morgan fingerprint density at radius 2 is 1.77 bits per heavy atom. The minimum atomic E-state index is -0.672. The van der Waals surface area contributed by atoms with Gasteiger partial charge in [0.25, 0.3) is 5.91 Å². The fourth-order valence-electron chi connectivity index (χ4n) is 7.18. The van der Waals surface area contributed by atoms with Crippen LogP contribution in [0.15, 0.2) is 103 Å². The molecule has 7 rings (SSSR count). The lowest BCUT2D eigenvalue weighted by molar-refractivity contribution is -0.276. The molecule has 0 saturated carbocycles. The summed E-state index contributed by atoms with van der Waals surface area (Å²) in [7, 11) is 0. The van der Waals surface area contributed by atoms with Crippen molar-refractivity contribution in [2.24, 2.45) is 5.92 Å². The zero-order valence-corrected chi connectivity index (χ0v) is 27.0. The maximum absolute atomic E-state index is 13.2. The van der Waals surface area contributed by atoms with E-state index in [1.807, 2.05) is 66.7 Å². The number of aliphatic hydroxyl groups is 1. The second-order valence-corrected chi connectivity index (χ2v) is 12.9. The first kappa shape index (κ1) is 32.0. The molecule has 10 nitrogen and oxygen atoms in total. The first-order chi connectivity index (χ1) is 23.4. The van der Waals surface area contributed by atoms with Gasteiger partial charge in [-0.05, 0) is 60.4 Å². The first-order valence-electron chi connectivity index (χ1n) is 16.6. The summed E-state index contributed by atoms with van der Waals surface area (Å²) in [5.74, 6) is -0.131. The van der Waals surface area contributed by atoms with E-state index in [4.69, 9.17) is 9.47 Å². The van der Waals surface area contributed by atoms with Crippen LogP contribution in [0, 0.1) is 5.92 Å². The Morgan fingerprint density at radius 1 is 0.979 bits per heavy atom. The van der Waals surface area contributed by atoms with E-state index in [1.165, 1.54) is 6.20 Å². The number of aromatic nitrogens is 1. The fourth-order valence-corrected chi connectivity index (χ4v) is 7.18. The van der Waals surface area contributed by atoms with Gasteiger partial charge in [0.2, 0.25) is 5.91 Å². The Morgan fingerprint density at radius 3 is 2.50 bits per heavy atom. The number of carbonyl (C=O) groups is 2. The molecule has 0 unspecified atom stereocenters. The number of hydrogen-bond acceptors (Lipinski definition) is 8. The lowest BCUT2D eigenvalue weighted by Gasteiger charge is -2.46. The number of hydrogen-bond donors (Lipinski definition) is 3. The summed E-state index contributed by atoms with van der Waals surface area (Å²) in [5, 5.41) is 15.7. The van der Waals surface area contributed by atoms with Crippen LogP contribution in [0.2, 0.25) is 0 Å². The average molecular weight is 648 g/mol. The quantitative estimate of drug-likeness (QED) is 0.244. The number of ether oxygens (including phenoxy) is 2. The van der Waals surface area contributed by atoms with E-state index in [0.717, 1.165) is 48.3 Å². The van der Waals surface area contributed by atoms with Crippen LogP contribution >= 0.6 is 0 Å². The standard InChI is InChI=1S/C38H41N5O5/c1-26-33(23-42-19-16-38(17-20-42)37(46)40-25-43(38)32-10-3-2-4-11-32)47-36(48-34(26)28-14-12-27(24-44)13-15-28)29-7-5-9-31(21-29)41-35(45)30-8-6-18-39-22-30/h2-15,18,21-22,26,33-34,36,44H,16-17,19-20,23-25H2,1H3,(H,40,46)(H,41,45)/t26-,33+,34+,36+/m0/s1. The van der Waals surface area contributed by atoms with Crippen molar-refractivity contribution in [2.45, 2.75) is 50.4 Å². The molecule has 3 N–H and O–H groups in total. The molecular formula is C38H41N5O5. The van der Waals surface area contributed by atoms with Crippen LogP contribution in [-0.4, -0.2) is 64.8 Å². The fraction of sp³-hybridized carbons (Fsp3) is 0.342. The highest BCUT2D eigenvalue weighted by atomic mass is 16.7. The van der Waals surface area contributed by atoms with Gasteiger partial charge < -0.3 is 35.0 Å². The van der Waals surface area contributed by atoms with E-state index in [2.05, 4.69) is 44.5 Å². The third-order valence-electron chi connectivity index (χ3n) is 9.99. The molecular weight excluding hydrogens is 606 g/mol. The highest BCUT2D eigenvalue weighted by Crippen LogP contribution is 2.43. The second-order valence-electron chi connectivity index (χ2n) is 12.9. The predicted molar refractivity (Wildman–Crippen MR) is 182 cm³/mol. The summed E-state index contributed by atoms with van der Waals surface area (Å²) in [6.07, 6.45) is 3.50. The molecule has 0 radical (unpaired) electrons. The van der Waals surface area contributed by atoms with Crippen LogP contribution in [-0.2, 0) is 20.9 Å². The topological polar surface area (TPSA) is 116 Å². The highest BCUT2D eigenvalue weighted by molar-refractivity contribution is 6.04. The molecule has 10 heteroatoms. The number of anilines is 2. The summed E-state index contributed by atoms with van der Waals surface area (Å²) in [5.41, 5.74) is 4.25. The van der Waals surface area contributed by atoms with Crippen molar-refractivity contribution in [2.75, 3.05) is 36.5 Å². The second kappa shape index (κ2) is 13.9. The molecule has 4 aromatic rings. The van der Waals surface area contributed by atoms with E-state index in [9.17, 15) is 14.7 Å². The van der Waals surface area contributed by atoms with Gasteiger partial charge in [-0.25, -0.2) is 0 Å². The molecule has 4 atom stereocenters. The number of benzene rings is 3. The Bertz CT molecular complexity index is 1710. The van der Waals surface area contributed by atoms with Gasteiger partial charge in [-0.2, -0.15) is 0 Å². The van der Waals surface area contributed by atoms with Crippen LogP contribution < -0.4 is 15.5 Å². The molecule has 3 fully saturated rings. The third-order valence-corrected chi connectivity index (χ3v) is 9.99. The van der Waals surface area contributed by atoms with Crippen molar-refractivity contribution in [1.29, 1.82) is 0 Å². The monoisotopic (exact) mass is 647 g/mol. The van der Waals surface area contributed by atoms with Gasteiger partial charge in [0.05, 0.1) is 31.0 Å². The number of amides is 2. The number of pyridine rings is 1. The van der Waals surface area contributed by atoms with Crippen molar-refractivity contribution < 1.29 is 24.2 Å². The van der Waals surface area contributed by atoms with Crippen molar-refractivity contribution in [3.05, 3.63) is 126 Å². The summed E-state index contributed by atoms with van der Waals surface area (Å²) in [4.78, 5) is 34.8. The van der Waals surface area contributed by atoms with Gasteiger partial charge in [-0.3, -0.25) is 14.6 Å². The number of nitrogens with zero attached hydrogens (tertiary/aromatic N) is 3. The highest BCUT2D eigenvalue weighted by Gasteiger charge is 2.51. The van der Waals surface area contributed by atoms with Gasteiger partial charge in [-0.1, -0.05) is 61.5 Å². The zero-order chi connectivity index (χ0) is 33.1. The van der Waals surface area contributed by atoms with Gasteiger partial charge in [0.1, 0.15) is 5.54 Å². The van der Waals surface area contributed by atoms with Gasteiger partial charge in [0, 0.05) is 54.9 Å². The zero-order valence-electron chi connectivity index (χ0n) is 27.0. The molecule has 3 aliphatic heterocycles. The van der Waals surface area contributed by atoms with E-state index < -0.39 is 11.8 Å². The van der Waals surface area contributed by atoms with Crippen molar-refractivity contribution in [1.82, 2.24) is 15.2 Å². The van der Waals surface area contributed by atoms with E-state index in [1.54, 1.807) is 18.3 Å². The van der Waals surface area contributed by atoms with E-state index in [-0.39, 0.29) is 36.5 Å². The van der Waals surface area contributed by atoms with Crippen molar-refractivity contribution in [3.63, 3.8) is 0 Å². The maximum atomic E-state index is 13.2. The van der Waals surface area contributed by atoms with Crippen molar-refractivity contribution in [3.8, 4) is 0 Å². The molecule has 3 aliphatic rings. The molecule has 248 valence electrons. The van der Waals surface area contributed by atoms with Gasteiger partial charge >= 0.3 is 0 Å². The van der Waals surface area contributed by atoms with E-state index in [0.29, 0.717) is 24.5 Å². The van der Waals surface area contributed by atoms with Gasteiger partial charge in [0.15, 0.2) is 6.29 Å². The maximum Gasteiger partial charge on any atom is 0.257 e. The number of nitrogens with one attached hydrogen (secondary N) is 2. The van der Waals surface area contributed by atoms with E-state index >= 15 is 0 Å². The Labute approximate surface area is 280 Å². The summed E-state index contributed by atoms with van der Waals surface area (Å²) < 4.78 is 13.4. The average Bonchev–Trinajstić information content (AvgIpc) is 3.45. The number of para-hydroxylation sites is 1. The molecule has 4 heterocycles. The summed E-state index contributed by atoms with van der Waals surface area (Å²) in [6, 6.07) is 29.0. The van der Waals surface area contributed by atoms with Crippen LogP contribution in [0.4, 0.5) is 11.4 Å². The molecule has 1 spiro atoms. The smallest absolute Gasteiger partial charge is 0.257 e. The summed E-state index contributed by atoms with van der Waals surface area (Å²) in [6.45, 7) is 4.86. The number of aliphatic hydroxyl groups excluding tert-OH is 1. The SMILES string of the molecule is C[C@H]1[C@@H](CN2CCC3(CC2)C(=O)NCN3c2ccccc2)O[C@@H](c2cccc(NC(=O)c3cccnc3)c2)O[C@H]1c1ccc(CO)cc1. The van der Waals surface area contributed by atoms with Crippen LogP contribution in [0.25, 0.3) is 0 Å². The normalized spacial score (nSPS) is 24.0. The number of piperidine rings is 1. The molecule has 3 aromatic carbocycles. The number of likely N-dealkylation sites (tertiary alicyclic amines) is 1. The van der Waals surface area contributed by atoms with Crippen molar-refractivity contribution >= 4 is 23.2 Å².